The topological polar surface area (TPSA) is 46.0 Å². The molecule has 0 aliphatic carbocycles. The Kier molecular flexibility index (Phi) is 3.66. The van der Waals surface area contributed by atoms with E-state index >= 15 is 0 Å². The number of benzene rings is 1. The Morgan fingerprint density at radius 2 is 1.55 bits per heavy atom. The molecule has 0 unspecified atom stereocenters. The van der Waals surface area contributed by atoms with Gasteiger partial charge in [0.2, 0.25) is 10.6 Å². The van der Waals surface area contributed by atoms with Crippen LogP contribution in [-0.4, -0.2) is 21.1 Å². The summed E-state index contributed by atoms with van der Waals surface area (Å²) in [5.74, 6) is -10.0. The zero-order valence-electron chi connectivity index (χ0n) is 9.72. The molecule has 0 bridgehead atoms. The number of hydrogen-bond donors (Lipinski definition) is 1. The van der Waals surface area contributed by atoms with Gasteiger partial charge in [-0.2, -0.15) is 14.9 Å². The van der Waals surface area contributed by atoms with E-state index < -0.39 is 34.6 Å². The molecular formula is C10H5F5N4S. The Morgan fingerprint density at radius 1 is 1.05 bits per heavy atom. The van der Waals surface area contributed by atoms with Crippen molar-refractivity contribution in [3.8, 4) is 0 Å². The largest absolute Gasteiger partial charge is 0.250 e. The highest BCUT2D eigenvalue weighted by molar-refractivity contribution is 7.71. The first kappa shape index (κ1) is 14.3. The molecule has 0 atom stereocenters. The fraction of sp³-hybridized carbons (Fsp3) is 0.100. The summed E-state index contributed by atoms with van der Waals surface area (Å²) in [6.45, 7) is 1.47. The van der Waals surface area contributed by atoms with E-state index in [2.05, 4.69) is 15.3 Å². The first-order valence-electron chi connectivity index (χ1n) is 5.04. The van der Waals surface area contributed by atoms with Crippen molar-refractivity contribution in [3.05, 3.63) is 45.2 Å². The van der Waals surface area contributed by atoms with Crippen molar-refractivity contribution >= 4 is 18.4 Å². The Balaban J connectivity index is 2.58. The predicted octanol–water partition coefficient (Wildman–Crippen LogP) is 2.83. The smallest absolute Gasteiger partial charge is 0.216 e. The normalized spacial score (nSPS) is 11.5. The fourth-order valence-corrected chi connectivity index (χ4v) is 1.58. The highest BCUT2D eigenvalue weighted by Crippen LogP contribution is 2.21. The lowest BCUT2D eigenvalue weighted by Crippen LogP contribution is -2.07. The van der Waals surface area contributed by atoms with Gasteiger partial charge in [0.05, 0.1) is 11.8 Å². The van der Waals surface area contributed by atoms with E-state index in [1.807, 2.05) is 0 Å². The highest BCUT2D eigenvalue weighted by Gasteiger charge is 2.24. The van der Waals surface area contributed by atoms with Crippen LogP contribution in [0.3, 0.4) is 0 Å². The molecule has 1 heterocycles. The van der Waals surface area contributed by atoms with Crippen LogP contribution in [0, 0.1) is 40.8 Å². The average molecular weight is 308 g/mol. The number of aromatic nitrogens is 3. The van der Waals surface area contributed by atoms with Crippen LogP contribution in [-0.2, 0) is 0 Å². The number of aryl methyl sites for hydroxylation is 1. The molecule has 2 rings (SSSR count). The van der Waals surface area contributed by atoms with Gasteiger partial charge in [0.15, 0.2) is 23.3 Å². The predicted molar refractivity (Wildman–Crippen MR) is 61.4 cm³/mol. The van der Waals surface area contributed by atoms with Crippen LogP contribution < -0.4 is 0 Å². The summed E-state index contributed by atoms with van der Waals surface area (Å²) in [7, 11) is 0. The van der Waals surface area contributed by atoms with E-state index in [1.54, 1.807) is 0 Å². The lowest BCUT2D eigenvalue weighted by molar-refractivity contribution is 0.377. The molecule has 106 valence electrons. The maximum atomic E-state index is 13.4. The minimum absolute atomic E-state index is 0.00243. The van der Waals surface area contributed by atoms with Gasteiger partial charge < -0.3 is 0 Å². The first-order chi connectivity index (χ1) is 9.34. The molecule has 0 aliphatic heterocycles. The van der Waals surface area contributed by atoms with Crippen LogP contribution in [0.5, 0.6) is 0 Å². The van der Waals surface area contributed by atoms with Gasteiger partial charge in [0.25, 0.3) is 0 Å². The molecule has 0 radical (unpaired) electrons. The van der Waals surface area contributed by atoms with Crippen molar-refractivity contribution in [1.82, 2.24) is 14.9 Å². The van der Waals surface area contributed by atoms with Gasteiger partial charge in [0.1, 0.15) is 5.82 Å². The summed E-state index contributed by atoms with van der Waals surface area (Å²) in [6.07, 6.45) is 0.481. The van der Waals surface area contributed by atoms with Crippen molar-refractivity contribution < 1.29 is 22.0 Å². The second-order valence-corrected chi connectivity index (χ2v) is 4.00. The third-order valence-electron chi connectivity index (χ3n) is 2.36. The number of nitrogens with zero attached hydrogens (tertiary/aromatic N) is 3. The van der Waals surface area contributed by atoms with Gasteiger partial charge in [0, 0.05) is 0 Å². The minimum atomic E-state index is -2.23. The van der Waals surface area contributed by atoms with Gasteiger partial charge in [-0.1, -0.05) is 0 Å². The molecule has 0 saturated heterocycles. The Morgan fingerprint density at radius 3 is 2.00 bits per heavy atom. The number of rotatable bonds is 2. The van der Waals surface area contributed by atoms with Gasteiger partial charge in [-0.15, -0.1) is 0 Å². The van der Waals surface area contributed by atoms with Crippen LogP contribution in [0.2, 0.25) is 0 Å². The molecule has 1 N–H and O–H groups in total. The fourth-order valence-electron chi connectivity index (χ4n) is 1.36. The van der Waals surface area contributed by atoms with E-state index in [1.165, 1.54) is 6.92 Å². The molecule has 10 heteroatoms. The summed E-state index contributed by atoms with van der Waals surface area (Å²) < 4.78 is 66.4. The number of nitrogens with one attached hydrogen (secondary N) is 1. The van der Waals surface area contributed by atoms with E-state index in [4.69, 9.17) is 12.2 Å². The SMILES string of the molecule is Cc1n[nH]c(=S)n1/N=C/c1c(F)c(F)c(F)c(F)c1F. The maximum Gasteiger partial charge on any atom is 0.216 e. The third-order valence-corrected chi connectivity index (χ3v) is 2.62. The quantitative estimate of drug-likeness (QED) is 0.305. The van der Waals surface area contributed by atoms with E-state index in [-0.39, 0.29) is 10.6 Å². The molecule has 20 heavy (non-hydrogen) atoms. The molecule has 1 aromatic heterocycles. The van der Waals surface area contributed by atoms with E-state index in [0.29, 0.717) is 6.21 Å². The Bertz CT molecular complexity index is 735. The zero-order chi connectivity index (χ0) is 15.0. The number of halogens is 5. The van der Waals surface area contributed by atoms with Crippen LogP contribution in [0.25, 0.3) is 0 Å². The van der Waals surface area contributed by atoms with Crippen molar-refractivity contribution in [3.63, 3.8) is 0 Å². The monoisotopic (exact) mass is 308 g/mol. The standard InChI is InChI=1S/C10H5F5N4S/c1-3-17-18-10(20)19(3)16-2-4-5(11)7(13)9(15)8(14)6(4)12/h2H,1H3,(H,18,20)/b16-2+. The Labute approximate surface area is 113 Å². The van der Waals surface area contributed by atoms with Crippen molar-refractivity contribution in [2.45, 2.75) is 6.92 Å². The summed E-state index contributed by atoms with van der Waals surface area (Å²) in [5, 5.41) is 9.53. The second kappa shape index (κ2) is 5.12. The molecule has 0 aliphatic rings. The van der Waals surface area contributed by atoms with E-state index in [0.717, 1.165) is 4.68 Å². The van der Waals surface area contributed by atoms with Crippen molar-refractivity contribution in [2.24, 2.45) is 5.10 Å². The molecule has 0 spiro atoms. The average Bonchev–Trinajstić information content (AvgIpc) is 2.74. The molecule has 2 aromatic rings. The first-order valence-corrected chi connectivity index (χ1v) is 5.45. The minimum Gasteiger partial charge on any atom is -0.250 e. The Hall–Kier alpha value is -2.10. The molecule has 1 aromatic carbocycles. The van der Waals surface area contributed by atoms with Gasteiger partial charge in [-0.3, -0.25) is 5.10 Å². The molecule has 0 amide bonds. The maximum absolute atomic E-state index is 13.4. The summed E-state index contributed by atoms with van der Waals surface area (Å²) in [6, 6.07) is 0. The zero-order valence-corrected chi connectivity index (χ0v) is 10.5. The molecule has 0 saturated carbocycles. The van der Waals surface area contributed by atoms with Crippen LogP contribution in [0.15, 0.2) is 5.10 Å². The van der Waals surface area contributed by atoms with Crippen molar-refractivity contribution in [2.75, 3.05) is 0 Å². The number of hydrogen-bond acceptors (Lipinski definition) is 3. The van der Waals surface area contributed by atoms with Crippen LogP contribution in [0.1, 0.15) is 11.4 Å². The molecule has 4 nitrogen and oxygen atoms in total. The summed E-state index contributed by atoms with van der Waals surface area (Å²) in [4.78, 5) is 0. The summed E-state index contributed by atoms with van der Waals surface area (Å²) in [5.41, 5.74) is -1.16. The lowest BCUT2D eigenvalue weighted by atomic mass is 10.2. The van der Waals surface area contributed by atoms with Crippen LogP contribution in [0.4, 0.5) is 22.0 Å². The van der Waals surface area contributed by atoms with Crippen LogP contribution >= 0.6 is 12.2 Å². The third kappa shape index (κ3) is 2.22. The summed E-state index contributed by atoms with van der Waals surface area (Å²) >= 11 is 4.76. The van der Waals surface area contributed by atoms with Crippen molar-refractivity contribution in [1.29, 1.82) is 0 Å². The number of aromatic amines is 1. The van der Waals surface area contributed by atoms with E-state index in [9.17, 15) is 22.0 Å². The lowest BCUT2D eigenvalue weighted by Gasteiger charge is -2.03. The highest BCUT2D eigenvalue weighted by atomic mass is 32.1. The molecule has 0 fully saturated rings. The second-order valence-electron chi connectivity index (χ2n) is 3.62. The molecular weight excluding hydrogens is 303 g/mol. The van der Waals surface area contributed by atoms with Gasteiger partial charge in [-0.25, -0.2) is 22.0 Å². The van der Waals surface area contributed by atoms with Gasteiger partial charge >= 0.3 is 0 Å². The number of H-pyrrole nitrogens is 1. The van der Waals surface area contributed by atoms with Gasteiger partial charge in [-0.05, 0) is 19.1 Å².